The van der Waals surface area contributed by atoms with Crippen molar-refractivity contribution in [2.24, 2.45) is 4.99 Å². The molecule has 1 unspecified atom stereocenters. The number of nitrogens with zero attached hydrogens (tertiary/aromatic N) is 4. The van der Waals surface area contributed by atoms with Crippen molar-refractivity contribution in [3.05, 3.63) is 18.0 Å². The fraction of sp³-hybridized carbons (Fsp3) is 0.533. The van der Waals surface area contributed by atoms with Gasteiger partial charge in [-0.1, -0.05) is 0 Å². The number of aliphatic hydroxyl groups is 4. The minimum atomic E-state index is -1.27. The third-order valence-electron chi connectivity index (χ3n) is 4.58. The lowest BCUT2D eigenvalue weighted by Crippen LogP contribution is -2.60. The van der Waals surface area contributed by atoms with Crippen molar-refractivity contribution in [3.8, 4) is 0 Å². The van der Waals surface area contributed by atoms with Gasteiger partial charge in [0.1, 0.15) is 25.1 Å². The van der Waals surface area contributed by atoms with Gasteiger partial charge in [0.15, 0.2) is 23.9 Å². The average Bonchev–Trinajstić information content (AvgIpc) is 3.13. The van der Waals surface area contributed by atoms with Crippen LogP contribution in [0.15, 0.2) is 23.0 Å². The zero-order chi connectivity index (χ0) is 18.2. The van der Waals surface area contributed by atoms with E-state index in [9.17, 15) is 20.4 Å². The number of fused-ring (bicyclic) bond motifs is 1. The van der Waals surface area contributed by atoms with E-state index in [2.05, 4.69) is 15.0 Å². The Balaban J connectivity index is 2.08. The van der Waals surface area contributed by atoms with Crippen LogP contribution in [0.5, 0.6) is 0 Å². The first kappa shape index (κ1) is 17.9. The molecule has 2 aliphatic rings. The second-order valence-corrected chi connectivity index (χ2v) is 6.23. The van der Waals surface area contributed by atoms with Gasteiger partial charge in [0, 0.05) is 0 Å². The van der Waals surface area contributed by atoms with Crippen LogP contribution in [0.3, 0.4) is 0 Å². The molecule has 0 bridgehead atoms. The molecule has 1 aromatic rings. The van der Waals surface area contributed by atoms with E-state index >= 15 is 0 Å². The van der Waals surface area contributed by atoms with E-state index in [1.807, 2.05) is 0 Å². The summed E-state index contributed by atoms with van der Waals surface area (Å²) in [7, 11) is 0. The molecule has 0 amide bonds. The molecule has 1 fully saturated rings. The Hall–Kier alpha value is -1.95. The van der Waals surface area contributed by atoms with Crippen LogP contribution in [0.1, 0.15) is 6.92 Å². The summed E-state index contributed by atoms with van der Waals surface area (Å²) in [6.07, 6.45) is 0.201. The average molecular weight is 352 g/mol. The monoisotopic (exact) mass is 352 g/mol. The number of hydrogen-bond donors (Lipinski definition) is 5. The number of aliphatic imine (C=N–C) groups is 1. The van der Waals surface area contributed by atoms with Gasteiger partial charge in [-0.3, -0.25) is 0 Å². The van der Waals surface area contributed by atoms with E-state index < -0.39 is 31.1 Å². The highest BCUT2D eigenvalue weighted by Crippen LogP contribution is 2.43. The highest BCUT2D eigenvalue weighted by atomic mass is 16.6. The van der Waals surface area contributed by atoms with Crippen molar-refractivity contribution < 1.29 is 25.2 Å². The minimum absolute atomic E-state index is 0.119. The molecule has 25 heavy (non-hydrogen) atoms. The number of hydrogen-bond acceptors (Lipinski definition) is 9. The number of aromatic nitrogens is 2. The summed E-state index contributed by atoms with van der Waals surface area (Å²) in [5.74, 6) is 0.611. The Bertz CT molecular complexity index is 712. The normalized spacial score (nSPS) is 34.5. The Kier molecular flexibility index (Phi) is 4.82. The molecule has 0 aliphatic carbocycles. The third-order valence-corrected chi connectivity index (χ3v) is 4.58. The number of anilines is 1. The second-order valence-electron chi connectivity index (χ2n) is 6.23. The lowest BCUT2D eigenvalue weighted by molar-refractivity contribution is -0.0641. The van der Waals surface area contributed by atoms with Gasteiger partial charge in [0.25, 0.3) is 5.82 Å². The lowest BCUT2D eigenvalue weighted by atomic mass is 10.1. The minimum Gasteiger partial charge on any atom is -0.394 e. The van der Waals surface area contributed by atoms with Gasteiger partial charge in [-0.15, -0.1) is 0 Å². The summed E-state index contributed by atoms with van der Waals surface area (Å²) >= 11 is 0. The topological polar surface area (TPSA) is 154 Å². The largest absolute Gasteiger partial charge is 0.394 e. The smallest absolute Gasteiger partial charge is 0.267 e. The quantitative estimate of drug-likeness (QED) is 0.314. The van der Waals surface area contributed by atoms with Crippen LogP contribution < -0.4 is 10.2 Å². The maximum Gasteiger partial charge on any atom is 0.267 e. The molecule has 10 heteroatoms. The first-order valence-electron chi connectivity index (χ1n) is 7.87. The number of ether oxygens (including phenoxy) is 1. The third kappa shape index (κ3) is 2.82. The first-order chi connectivity index (χ1) is 11.9. The number of nitrogen functional groups attached to an aromatic ring is 1. The first-order valence-corrected chi connectivity index (χ1v) is 7.87. The van der Waals surface area contributed by atoms with Crippen LogP contribution in [-0.4, -0.2) is 81.0 Å². The van der Waals surface area contributed by atoms with Crippen LogP contribution in [0.4, 0.5) is 17.3 Å². The summed E-state index contributed by atoms with van der Waals surface area (Å²) in [5, 5.41) is 39.3. The van der Waals surface area contributed by atoms with E-state index in [0.717, 1.165) is 0 Å². The predicted molar refractivity (Wildman–Crippen MR) is 89.9 cm³/mol. The second kappa shape index (κ2) is 6.75. The summed E-state index contributed by atoms with van der Waals surface area (Å²) in [4.78, 5) is 12.5. The van der Waals surface area contributed by atoms with Crippen molar-refractivity contribution in [2.45, 2.75) is 31.5 Å². The maximum absolute atomic E-state index is 10.5. The number of aliphatic hydroxyl groups excluding tert-OH is 4. The van der Waals surface area contributed by atoms with Crippen molar-refractivity contribution >= 4 is 23.7 Å². The van der Waals surface area contributed by atoms with Gasteiger partial charge in [-0.2, -0.15) is 14.5 Å². The molecule has 0 radical (unpaired) electrons. The van der Waals surface area contributed by atoms with Gasteiger partial charge in [0.2, 0.25) is 6.23 Å². The van der Waals surface area contributed by atoms with Crippen LogP contribution in [0.2, 0.25) is 0 Å². The van der Waals surface area contributed by atoms with Crippen LogP contribution in [0.25, 0.3) is 0 Å². The fourth-order valence-electron chi connectivity index (χ4n) is 3.08. The number of rotatable bonds is 5. The maximum atomic E-state index is 10.5. The molecular formula is C15H22N5O5+. The molecular weight excluding hydrogens is 330 g/mol. The summed E-state index contributed by atoms with van der Waals surface area (Å²) in [5.41, 5.74) is 6.95. The Labute approximate surface area is 144 Å². The molecule has 6 N–H and O–H groups in total. The Morgan fingerprint density at radius 3 is 2.72 bits per heavy atom. The van der Waals surface area contributed by atoms with Crippen molar-refractivity contribution in [1.29, 1.82) is 0 Å². The lowest BCUT2D eigenvalue weighted by Gasteiger charge is -2.35. The molecule has 0 saturated carbocycles. The highest BCUT2D eigenvalue weighted by molar-refractivity contribution is 5.91. The molecule has 0 spiro atoms. The van der Waals surface area contributed by atoms with Crippen molar-refractivity contribution in [3.63, 3.8) is 0 Å². The van der Waals surface area contributed by atoms with Gasteiger partial charge in [-0.05, 0) is 18.6 Å². The Morgan fingerprint density at radius 1 is 1.32 bits per heavy atom. The van der Waals surface area contributed by atoms with Gasteiger partial charge in [-0.25, -0.2) is 4.98 Å². The van der Waals surface area contributed by atoms with Gasteiger partial charge < -0.3 is 30.9 Å². The molecule has 1 aromatic heterocycles. The molecule has 3 rings (SSSR count). The van der Waals surface area contributed by atoms with Gasteiger partial charge in [0.05, 0.1) is 13.2 Å². The van der Waals surface area contributed by atoms with Crippen LogP contribution in [0, 0.1) is 0 Å². The molecule has 3 heterocycles. The van der Waals surface area contributed by atoms with Crippen LogP contribution >= 0.6 is 0 Å². The van der Waals surface area contributed by atoms with Crippen LogP contribution in [-0.2, 0) is 4.74 Å². The molecule has 10 nitrogen and oxygen atoms in total. The summed E-state index contributed by atoms with van der Waals surface area (Å²) in [6, 6.07) is 0. The van der Waals surface area contributed by atoms with Crippen molar-refractivity contribution in [2.75, 3.05) is 25.5 Å². The summed E-state index contributed by atoms with van der Waals surface area (Å²) < 4.78 is 5.56. The number of nitrogens with two attached hydrogens (primary N) is 1. The van der Waals surface area contributed by atoms with E-state index in [-0.39, 0.29) is 23.5 Å². The molecule has 1 saturated heterocycles. The SMILES string of the molecule is C/C(=C\C[N+]1([C@@H]2O[C@H](CO)[C@@H](O)[C@H]2O)C=Nc2c(N)ncnc21)CO. The van der Waals surface area contributed by atoms with E-state index in [1.165, 1.54) is 12.7 Å². The van der Waals surface area contributed by atoms with Gasteiger partial charge >= 0.3 is 0 Å². The Morgan fingerprint density at radius 2 is 2.08 bits per heavy atom. The van der Waals surface area contributed by atoms with Crippen molar-refractivity contribution in [1.82, 2.24) is 14.5 Å². The fourth-order valence-corrected chi connectivity index (χ4v) is 3.08. The molecule has 136 valence electrons. The molecule has 5 atom stereocenters. The zero-order valence-corrected chi connectivity index (χ0v) is 13.7. The highest BCUT2D eigenvalue weighted by Gasteiger charge is 2.57. The van der Waals surface area contributed by atoms with E-state index in [4.69, 9.17) is 10.5 Å². The molecule has 0 aromatic carbocycles. The summed E-state index contributed by atoms with van der Waals surface area (Å²) in [6.45, 7) is 1.46. The predicted octanol–water partition coefficient (Wildman–Crippen LogP) is -1.58. The van der Waals surface area contributed by atoms with E-state index in [0.29, 0.717) is 17.1 Å². The zero-order valence-electron chi connectivity index (χ0n) is 13.7. The van der Waals surface area contributed by atoms with E-state index in [1.54, 1.807) is 13.0 Å². The number of quaternary nitrogens is 1. The molecule has 2 aliphatic heterocycles. The standard InChI is InChI=1S/C15H22N5O5/c1-8(4-21)2-3-20(15-12(24)11(23)9(5-22)25-15)7-19-10-13(16)17-6-18-14(10)20/h2,6-7,9,11-12,15,21-24H,3-5H2,1H3,(H2,16,17,18)/q+1/b8-2+/t9-,11-,12-,15-,20?/m1/s1.